The van der Waals surface area contributed by atoms with Crippen molar-refractivity contribution in [2.24, 2.45) is 5.84 Å². The number of hydrogen-bond donors (Lipinski definition) is 2. The molecule has 0 aromatic rings. The Balaban J connectivity index is 2.99. The normalized spacial score (nSPS) is 21.4. The first-order chi connectivity index (χ1) is 6.06. The second-order valence-corrected chi connectivity index (χ2v) is 4.45. The zero-order valence-electron chi connectivity index (χ0n) is 7.11. The number of nitrogens with one attached hydrogen (secondary N) is 1. The molecule has 4 nitrogen and oxygen atoms in total. The predicted molar refractivity (Wildman–Crippen MR) is 50.7 cm³/mol. The summed E-state index contributed by atoms with van der Waals surface area (Å²) >= 11 is 0. The molecule has 1 unspecified atom stereocenters. The fourth-order valence-electron chi connectivity index (χ4n) is 0.827. The summed E-state index contributed by atoms with van der Waals surface area (Å²) in [7, 11) is -3.53. The first-order valence-electron chi connectivity index (χ1n) is 3.63. The van der Waals surface area contributed by atoms with Crippen LogP contribution in [0.5, 0.6) is 0 Å². The number of hydrazine groups is 1. The maximum absolute atomic E-state index is 11.2. The molecule has 0 amide bonds. The van der Waals surface area contributed by atoms with E-state index in [-0.39, 0.29) is 0 Å². The van der Waals surface area contributed by atoms with Gasteiger partial charge < -0.3 is 0 Å². The van der Waals surface area contributed by atoms with Crippen LogP contribution < -0.4 is 10.7 Å². The second kappa shape index (κ2) is 3.75. The van der Waals surface area contributed by atoms with Gasteiger partial charge in [-0.15, -0.1) is 0 Å². The van der Waals surface area contributed by atoms with E-state index in [1.54, 1.807) is 17.0 Å². The molecule has 3 N–H and O–H groups in total. The van der Waals surface area contributed by atoms with E-state index in [2.05, 4.69) is 11.8 Å². The number of allylic oxidation sites excluding steroid dienone is 3. The van der Waals surface area contributed by atoms with Crippen LogP contribution in [0.25, 0.3) is 0 Å². The van der Waals surface area contributed by atoms with Crippen LogP contribution in [0.15, 0.2) is 23.8 Å². The Morgan fingerprint density at radius 3 is 2.92 bits per heavy atom. The highest BCUT2D eigenvalue weighted by atomic mass is 32.2. The molecule has 0 fully saturated rings. The quantitative estimate of drug-likeness (QED) is 0.362. The van der Waals surface area contributed by atoms with E-state index in [1.165, 1.54) is 6.08 Å². The summed E-state index contributed by atoms with van der Waals surface area (Å²) < 4.78 is 22.4. The van der Waals surface area contributed by atoms with E-state index in [9.17, 15) is 8.42 Å². The van der Waals surface area contributed by atoms with Gasteiger partial charge in [-0.2, -0.15) is 4.83 Å². The minimum atomic E-state index is -3.53. The molecule has 0 saturated heterocycles. The van der Waals surface area contributed by atoms with Gasteiger partial charge in [-0.1, -0.05) is 24.0 Å². The lowest BCUT2D eigenvalue weighted by Crippen LogP contribution is -2.37. The number of sulfonamides is 1. The van der Waals surface area contributed by atoms with Gasteiger partial charge in [0.15, 0.2) is 5.25 Å². The van der Waals surface area contributed by atoms with Gasteiger partial charge in [0.25, 0.3) is 0 Å². The molecule has 0 heterocycles. The smallest absolute Gasteiger partial charge is 0.241 e. The Bertz CT molecular complexity index is 409. The first kappa shape index (κ1) is 9.99. The Labute approximate surface area is 77.5 Å². The lowest BCUT2D eigenvalue weighted by Gasteiger charge is -2.04. The van der Waals surface area contributed by atoms with Gasteiger partial charge in [0.2, 0.25) is 10.0 Å². The highest BCUT2D eigenvalue weighted by Crippen LogP contribution is 2.05. The van der Waals surface area contributed by atoms with Crippen molar-refractivity contribution in [2.45, 2.75) is 12.2 Å². The summed E-state index contributed by atoms with van der Waals surface area (Å²) in [6.07, 6.45) is 4.84. The van der Waals surface area contributed by atoms with Crippen molar-refractivity contribution in [3.05, 3.63) is 23.8 Å². The molecule has 0 aromatic carbocycles. The highest BCUT2D eigenvalue weighted by Gasteiger charge is 2.19. The van der Waals surface area contributed by atoms with E-state index in [0.717, 1.165) is 5.57 Å². The van der Waals surface area contributed by atoms with Gasteiger partial charge in [-0.3, -0.25) is 5.84 Å². The summed E-state index contributed by atoms with van der Waals surface area (Å²) in [4.78, 5) is 1.75. The Morgan fingerprint density at radius 1 is 1.62 bits per heavy atom. The molecule has 70 valence electrons. The third-order valence-electron chi connectivity index (χ3n) is 1.56. The average molecular weight is 198 g/mol. The molecule has 1 atom stereocenters. The summed E-state index contributed by atoms with van der Waals surface area (Å²) in [5.41, 5.74) is 0.919. The number of rotatable bonds is 2. The maximum atomic E-state index is 11.2. The van der Waals surface area contributed by atoms with Crippen LogP contribution in [0, 0.1) is 11.8 Å². The molecule has 0 aliphatic heterocycles. The lowest BCUT2D eigenvalue weighted by atomic mass is 10.3. The number of hydrogen-bond acceptors (Lipinski definition) is 3. The number of nitrogens with two attached hydrogens (primary N) is 1. The third kappa shape index (κ3) is 2.42. The molecule has 1 rings (SSSR count). The van der Waals surface area contributed by atoms with E-state index < -0.39 is 15.3 Å². The van der Waals surface area contributed by atoms with Gasteiger partial charge in [-0.05, 0) is 18.6 Å². The van der Waals surface area contributed by atoms with Crippen LogP contribution in [0.1, 0.15) is 6.92 Å². The zero-order valence-corrected chi connectivity index (χ0v) is 7.93. The molecule has 0 aromatic heterocycles. The maximum Gasteiger partial charge on any atom is 0.241 e. The summed E-state index contributed by atoms with van der Waals surface area (Å²) in [5, 5.41) is -0.869. The van der Waals surface area contributed by atoms with Crippen molar-refractivity contribution in [1.82, 2.24) is 4.83 Å². The second-order valence-electron chi connectivity index (χ2n) is 2.62. The standard InChI is InChI=1S/C8H10N2O2S/c1-7-3-2-4-8(6-5-7)13(11,12)10-9/h3,5-6,8,10H,9H2,1H3. The van der Waals surface area contributed by atoms with Crippen LogP contribution in [-0.4, -0.2) is 13.7 Å². The molecule has 1 aliphatic rings. The van der Waals surface area contributed by atoms with Crippen molar-refractivity contribution in [3.63, 3.8) is 0 Å². The summed E-state index contributed by atoms with van der Waals surface area (Å²) in [6.45, 7) is 1.84. The fraction of sp³-hybridized carbons (Fsp3) is 0.250. The molecule has 1 aliphatic carbocycles. The van der Waals surface area contributed by atoms with E-state index in [4.69, 9.17) is 5.84 Å². The summed E-state index contributed by atoms with van der Waals surface area (Å²) in [5.74, 6) is 10.1. The van der Waals surface area contributed by atoms with Gasteiger partial charge >= 0.3 is 0 Å². The van der Waals surface area contributed by atoms with Crippen molar-refractivity contribution >= 4 is 10.0 Å². The molecular weight excluding hydrogens is 188 g/mol. The molecular formula is C8H10N2O2S. The summed E-state index contributed by atoms with van der Waals surface area (Å²) in [6, 6.07) is 0. The van der Waals surface area contributed by atoms with Crippen LogP contribution >= 0.6 is 0 Å². The van der Waals surface area contributed by atoms with Crippen LogP contribution in [0.4, 0.5) is 0 Å². The Morgan fingerprint density at radius 2 is 2.31 bits per heavy atom. The van der Waals surface area contributed by atoms with E-state index in [0.29, 0.717) is 0 Å². The predicted octanol–water partition coefficient (Wildman–Crippen LogP) is -0.332. The molecule has 5 heteroatoms. The molecule has 0 bridgehead atoms. The average Bonchev–Trinajstić information content (AvgIpc) is 2.30. The largest absolute Gasteiger partial charge is 0.258 e. The lowest BCUT2D eigenvalue weighted by molar-refractivity contribution is 0.583. The van der Waals surface area contributed by atoms with Crippen LogP contribution in [0.2, 0.25) is 0 Å². The molecule has 0 radical (unpaired) electrons. The van der Waals surface area contributed by atoms with Crippen LogP contribution in [0.3, 0.4) is 0 Å². The van der Waals surface area contributed by atoms with Crippen molar-refractivity contribution in [1.29, 1.82) is 0 Å². The topological polar surface area (TPSA) is 72.2 Å². The minimum absolute atomic E-state index is 0.869. The minimum Gasteiger partial charge on any atom is -0.258 e. The van der Waals surface area contributed by atoms with Gasteiger partial charge in [0.05, 0.1) is 0 Å². The first-order valence-corrected chi connectivity index (χ1v) is 5.18. The Kier molecular flexibility index (Phi) is 2.88. The van der Waals surface area contributed by atoms with Crippen molar-refractivity contribution in [2.75, 3.05) is 0 Å². The Hall–Kier alpha value is -1.09. The molecule has 0 spiro atoms. The monoisotopic (exact) mass is 198 g/mol. The van der Waals surface area contributed by atoms with Crippen molar-refractivity contribution in [3.8, 4) is 11.8 Å². The highest BCUT2D eigenvalue weighted by molar-refractivity contribution is 7.90. The molecule has 0 saturated carbocycles. The van der Waals surface area contributed by atoms with Crippen LogP contribution in [-0.2, 0) is 10.0 Å². The van der Waals surface area contributed by atoms with Gasteiger partial charge in [-0.25, -0.2) is 8.42 Å². The van der Waals surface area contributed by atoms with Crippen molar-refractivity contribution < 1.29 is 8.42 Å². The zero-order chi connectivity index (χ0) is 9.90. The van der Waals surface area contributed by atoms with E-state index in [1.807, 2.05) is 6.92 Å². The van der Waals surface area contributed by atoms with Gasteiger partial charge in [0, 0.05) is 0 Å². The molecule has 13 heavy (non-hydrogen) atoms. The fourth-order valence-corrected chi connectivity index (χ4v) is 1.48. The van der Waals surface area contributed by atoms with E-state index >= 15 is 0 Å². The van der Waals surface area contributed by atoms with Gasteiger partial charge in [0.1, 0.15) is 0 Å². The third-order valence-corrected chi connectivity index (χ3v) is 2.83. The SMILES string of the molecule is CC1=CC#CC(S(=O)(=O)NN)C=C1.